The van der Waals surface area contributed by atoms with Gasteiger partial charge in [-0.3, -0.25) is 9.36 Å². The number of carbonyl (C=O) groups is 1. The van der Waals surface area contributed by atoms with Crippen LogP contribution in [0.4, 0.5) is 0 Å². The number of hydrogen-bond donors (Lipinski definition) is 0. The standard InChI is InChI=1S/C17H22N4O3S/c1-12-8-20(9-13(2)24-12)16(22)10-25-17-19-18-11-21(17)14-5-4-6-15(7-14)23-3/h4-7,11-13H,8-10H2,1-3H3/t12-,13+. The molecule has 1 fully saturated rings. The number of ether oxygens (including phenoxy) is 2. The van der Waals surface area contributed by atoms with Gasteiger partial charge in [0.1, 0.15) is 12.1 Å². The first-order chi connectivity index (χ1) is 12.1. The van der Waals surface area contributed by atoms with Gasteiger partial charge < -0.3 is 14.4 Å². The fourth-order valence-corrected chi connectivity index (χ4v) is 3.69. The van der Waals surface area contributed by atoms with E-state index >= 15 is 0 Å². The van der Waals surface area contributed by atoms with Crippen LogP contribution in [-0.4, -0.2) is 63.7 Å². The van der Waals surface area contributed by atoms with E-state index in [2.05, 4.69) is 10.2 Å². The van der Waals surface area contributed by atoms with E-state index < -0.39 is 0 Å². The van der Waals surface area contributed by atoms with E-state index in [1.807, 2.05) is 47.6 Å². The van der Waals surface area contributed by atoms with Crippen molar-refractivity contribution in [1.82, 2.24) is 19.7 Å². The first-order valence-electron chi connectivity index (χ1n) is 8.17. The molecule has 0 aliphatic carbocycles. The number of morpholine rings is 1. The molecule has 8 heteroatoms. The molecule has 2 heterocycles. The van der Waals surface area contributed by atoms with Crippen molar-refractivity contribution in [2.45, 2.75) is 31.2 Å². The lowest BCUT2D eigenvalue weighted by Gasteiger charge is -2.35. The van der Waals surface area contributed by atoms with Crippen LogP contribution in [0.3, 0.4) is 0 Å². The highest BCUT2D eigenvalue weighted by molar-refractivity contribution is 7.99. The molecule has 0 bridgehead atoms. The first kappa shape index (κ1) is 17.8. The topological polar surface area (TPSA) is 69.5 Å². The molecular weight excluding hydrogens is 340 g/mol. The maximum atomic E-state index is 12.5. The van der Waals surface area contributed by atoms with Gasteiger partial charge in [-0.2, -0.15) is 0 Å². The van der Waals surface area contributed by atoms with Crippen LogP contribution in [0.1, 0.15) is 13.8 Å². The van der Waals surface area contributed by atoms with Crippen LogP contribution in [0.5, 0.6) is 5.75 Å². The predicted octanol–water partition coefficient (Wildman–Crippen LogP) is 2.00. The van der Waals surface area contributed by atoms with Gasteiger partial charge in [-0.05, 0) is 26.0 Å². The van der Waals surface area contributed by atoms with E-state index in [9.17, 15) is 4.79 Å². The summed E-state index contributed by atoms with van der Waals surface area (Å²) in [5, 5.41) is 8.79. The third-order valence-corrected chi connectivity index (χ3v) is 4.87. The van der Waals surface area contributed by atoms with Crippen LogP contribution in [0.15, 0.2) is 35.7 Å². The number of amides is 1. The molecule has 1 aromatic carbocycles. The second kappa shape index (κ2) is 7.88. The molecule has 0 saturated carbocycles. The van der Waals surface area contributed by atoms with Crippen molar-refractivity contribution in [3.63, 3.8) is 0 Å². The van der Waals surface area contributed by atoms with Crippen molar-refractivity contribution in [2.24, 2.45) is 0 Å². The number of carbonyl (C=O) groups excluding carboxylic acids is 1. The highest BCUT2D eigenvalue weighted by Gasteiger charge is 2.26. The number of benzene rings is 1. The molecule has 0 N–H and O–H groups in total. The zero-order chi connectivity index (χ0) is 17.8. The third kappa shape index (κ3) is 4.32. The first-order valence-corrected chi connectivity index (χ1v) is 9.16. The lowest BCUT2D eigenvalue weighted by Crippen LogP contribution is -2.48. The van der Waals surface area contributed by atoms with E-state index in [-0.39, 0.29) is 18.1 Å². The molecule has 0 spiro atoms. The molecule has 134 valence electrons. The summed E-state index contributed by atoms with van der Waals surface area (Å²) >= 11 is 1.38. The minimum absolute atomic E-state index is 0.0677. The van der Waals surface area contributed by atoms with Gasteiger partial charge in [0.2, 0.25) is 5.91 Å². The second-order valence-corrected chi connectivity index (χ2v) is 6.97. The fourth-order valence-electron chi connectivity index (χ4n) is 2.86. The average Bonchev–Trinajstić information content (AvgIpc) is 3.07. The van der Waals surface area contributed by atoms with Gasteiger partial charge in [0.25, 0.3) is 0 Å². The molecule has 1 amide bonds. The highest BCUT2D eigenvalue weighted by atomic mass is 32.2. The van der Waals surface area contributed by atoms with Crippen LogP contribution in [-0.2, 0) is 9.53 Å². The average molecular weight is 362 g/mol. The van der Waals surface area contributed by atoms with Gasteiger partial charge in [-0.25, -0.2) is 0 Å². The Balaban J connectivity index is 1.66. The zero-order valence-corrected chi connectivity index (χ0v) is 15.4. The minimum atomic E-state index is 0.0677. The molecule has 2 atom stereocenters. The van der Waals surface area contributed by atoms with Crippen LogP contribution in [0.25, 0.3) is 5.69 Å². The summed E-state index contributed by atoms with van der Waals surface area (Å²) in [6.45, 7) is 5.24. The molecule has 7 nitrogen and oxygen atoms in total. The summed E-state index contributed by atoms with van der Waals surface area (Å²) in [7, 11) is 1.63. The Morgan fingerprint density at radius 2 is 2.12 bits per heavy atom. The van der Waals surface area contributed by atoms with E-state index in [1.165, 1.54) is 11.8 Å². The molecule has 1 aromatic heterocycles. The Bertz CT molecular complexity index is 726. The zero-order valence-electron chi connectivity index (χ0n) is 14.6. The van der Waals surface area contributed by atoms with Crippen molar-refractivity contribution < 1.29 is 14.3 Å². The minimum Gasteiger partial charge on any atom is -0.497 e. The summed E-state index contributed by atoms with van der Waals surface area (Å²) in [5.41, 5.74) is 0.896. The number of thioether (sulfide) groups is 1. The lowest BCUT2D eigenvalue weighted by molar-refractivity contribution is -0.140. The Morgan fingerprint density at radius 1 is 1.36 bits per heavy atom. The van der Waals surface area contributed by atoms with E-state index in [0.717, 1.165) is 11.4 Å². The van der Waals surface area contributed by atoms with Gasteiger partial charge in [-0.15, -0.1) is 10.2 Å². The van der Waals surface area contributed by atoms with Crippen molar-refractivity contribution in [3.8, 4) is 11.4 Å². The molecular formula is C17H22N4O3S. The summed E-state index contributed by atoms with van der Waals surface area (Å²) in [5.74, 6) is 1.17. The molecule has 3 rings (SSSR count). The molecule has 2 aromatic rings. The summed E-state index contributed by atoms with van der Waals surface area (Å²) in [4.78, 5) is 14.4. The summed E-state index contributed by atoms with van der Waals surface area (Å²) in [6.07, 6.45) is 1.77. The third-order valence-electron chi connectivity index (χ3n) is 3.95. The molecule has 1 saturated heterocycles. The Kier molecular flexibility index (Phi) is 5.60. The second-order valence-electron chi connectivity index (χ2n) is 6.03. The lowest BCUT2D eigenvalue weighted by atomic mass is 10.2. The van der Waals surface area contributed by atoms with Crippen LogP contribution >= 0.6 is 11.8 Å². The van der Waals surface area contributed by atoms with Gasteiger partial charge >= 0.3 is 0 Å². The molecule has 0 unspecified atom stereocenters. The van der Waals surface area contributed by atoms with E-state index in [4.69, 9.17) is 9.47 Å². The van der Waals surface area contributed by atoms with Gasteiger partial charge in [0.05, 0.1) is 30.8 Å². The summed E-state index contributed by atoms with van der Waals surface area (Å²) < 4.78 is 12.8. The SMILES string of the molecule is COc1cccc(-n2cnnc2SCC(=O)N2C[C@@H](C)O[C@@H](C)C2)c1. The van der Waals surface area contributed by atoms with Crippen LogP contribution < -0.4 is 4.74 Å². The fraction of sp³-hybridized carbons (Fsp3) is 0.471. The normalized spacial score (nSPS) is 20.5. The number of aromatic nitrogens is 3. The maximum Gasteiger partial charge on any atom is 0.233 e. The van der Waals surface area contributed by atoms with E-state index in [0.29, 0.717) is 24.0 Å². The van der Waals surface area contributed by atoms with Crippen molar-refractivity contribution in [2.75, 3.05) is 26.0 Å². The Labute approximate surface area is 151 Å². The molecule has 25 heavy (non-hydrogen) atoms. The number of nitrogens with zero attached hydrogens (tertiary/aromatic N) is 4. The van der Waals surface area contributed by atoms with Crippen molar-refractivity contribution in [1.29, 1.82) is 0 Å². The van der Waals surface area contributed by atoms with Gasteiger partial charge in [0.15, 0.2) is 5.16 Å². The molecule has 1 aliphatic rings. The molecule has 0 radical (unpaired) electrons. The Morgan fingerprint density at radius 3 is 2.84 bits per heavy atom. The predicted molar refractivity (Wildman–Crippen MR) is 95.2 cm³/mol. The monoisotopic (exact) mass is 362 g/mol. The van der Waals surface area contributed by atoms with Crippen molar-refractivity contribution >= 4 is 17.7 Å². The largest absolute Gasteiger partial charge is 0.497 e. The van der Waals surface area contributed by atoms with Crippen LogP contribution in [0.2, 0.25) is 0 Å². The number of hydrogen-bond acceptors (Lipinski definition) is 6. The molecule has 1 aliphatic heterocycles. The number of methoxy groups -OCH3 is 1. The smallest absolute Gasteiger partial charge is 0.233 e. The quantitative estimate of drug-likeness (QED) is 0.758. The van der Waals surface area contributed by atoms with Gasteiger partial charge in [0, 0.05) is 19.2 Å². The summed E-state index contributed by atoms with van der Waals surface area (Å²) in [6, 6.07) is 7.64. The number of rotatable bonds is 5. The van der Waals surface area contributed by atoms with Crippen LogP contribution in [0, 0.1) is 0 Å². The van der Waals surface area contributed by atoms with E-state index in [1.54, 1.807) is 13.4 Å². The van der Waals surface area contributed by atoms with Crippen molar-refractivity contribution in [3.05, 3.63) is 30.6 Å². The Hall–Kier alpha value is -2.06. The maximum absolute atomic E-state index is 12.5. The van der Waals surface area contributed by atoms with Gasteiger partial charge in [-0.1, -0.05) is 17.8 Å². The highest BCUT2D eigenvalue weighted by Crippen LogP contribution is 2.23.